The molecule has 24 heavy (non-hydrogen) atoms. The molecule has 0 aliphatic carbocycles. The molecule has 3 rings (SSSR count). The highest BCUT2D eigenvalue weighted by Gasteiger charge is 2.30. The van der Waals surface area contributed by atoms with E-state index < -0.39 is 11.7 Å². The first-order valence-corrected chi connectivity index (χ1v) is 7.18. The van der Waals surface area contributed by atoms with Gasteiger partial charge in [-0.3, -0.25) is 9.78 Å². The summed E-state index contributed by atoms with van der Waals surface area (Å²) in [4.78, 5) is 16.3. The average Bonchev–Trinajstić information content (AvgIpc) is 2.59. The molecule has 0 aliphatic heterocycles. The van der Waals surface area contributed by atoms with Crippen molar-refractivity contribution in [1.82, 2.24) is 4.98 Å². The first-order chi connectivity index (χ1) is 11.4. The van der Waals surface area contributed by atoms with E-state index in [-0.39, 0.29) is 11.3 Å². The van der Waals surface area contributed by atoms with Crippen LogP contribution in [-0.2, 0) is 6.18 Å². The van der Waals surface area contributed by atoms with Gasteiger partial charge < -0.3 is 0 Å². The number of benzene rings is 2. The van der Waals surface area contributed by atoms with Crippen LogP contribution in [0, 0.1) is 0 Å². The van der Waals surface area contributed by atoms with Crippen molar-refractivity contribution in [3.05, 3.63) is 83.6 Å². The van der Waals surface area contributed by atoms with Crippen molar-refractivity contribution < 1.29 is 18.0 Å². The standard InChI is InChI=1S/C19H12F3NO/c20-19(21,22)16-7-5-14(6-8-16)18(24)10-4-13-3-9-17-15(12-13)2-1-11-23-17/h1-12H/b10-4+. The Labute approximate surface area is 136 Å². The van der Waals surface area contributed by atoms with Crippen molar-refractivity contribution in [3.63, 3.8) is 0 Å². The molecule has 0 N–H and O–H groups in total. The first kappa shape index (κ1) is 15.9. The molecule has 0 saturated carbocycles. The number of rotatable bonds is 3. The lowest BCUT2D eigenvalue weighted by molar-refractivity contribution is -0.137. The van der Waals surface area contributed by atoms with Gasteiger partial charge in [-0.25, -0.2) is 0 Å². The number of allylic oxidation sites excluding steroid dienone is 1. The van der Waals surface area contributed by atoms with Gasteiger partial charge >= 0.3 is 6.18 Å². The molecule has 0 saturated heterocycles. The Kier molecular flexibility index (Phi) is 4.16. The van der Waals surface area contributed by atoms with Crippen molar-refractivity contribution in [3.8, 4) is 0 Å². The lowest BCUT2D eigenvalue weighted by atomic mass is 10.1. The number of aromatic nitrogens is 1. The maximum Gasteiger partial charge on any atom is 0.416 e. The summed E-state index contributed by atoms with van der Waals surface area (Å²) >= 11 is 0. The van der Waals surface area contributed by atoms with Crippen molar-refractivity contribution in [2.75, 3.05) is 0 Å². The van der Waals surface area contributed by atoms with Gasteiger partial charge in [0.1, 0.15) is 0 Å². The number of nitrogens with zero attached hydrogens (tertiary/aromatic N) is 1. The topological polar surface area (TPSA) is 30.0 Å². The van der Waals surface area contributed by atoms with Gasteiger partial charge in [-0.05, 0) is 42.0 Å². The third kappa shape index (κ3) is 3.51. The number of hydrogen-bond acceptors (Lipinski definition) is 2. The van der Waals surface area contributed by atoms with Crippen molar-refractivity contribution in [1.29, 1.82) is 0 Å². The van der Waals surface area contributed by atoms with Crippen LogP contribution in [-0.4, -0.2) is 10.8 Å². The molecule has 2 nitrogen and oxygen atoms in total. The summed E-state index contributed by atoms with van der Waals surface area (Å²) in [5, 5.41) is 0.946. The molecule has 0 aliphatic rings. The van der Waals surface area contributed by atoms with Crippen LogP contribution in [0.25, 0.3) is 17.0 Å². The number of fused-ring (bicyclic) bond motifs is 1. The molecular formula is C19H12F3NO. The number of hydrogen-bond donors (Lipinski definition) is 0. The van der Waals surface area contributed by atoms with E-state index in [2.05, 4.69) is 4.98 Å². The Hall–Kier alpha value is -2.95. The van der Waals surface area contributed by atoms with Crippen LogP contribution < -0.4 is 0 Å². The number of alkyl halides is 3. The number of ketones is 1. The average molecular weight is 327 g/mol. The van der Waals surface area contributed by atoms with E-state index in [1.807, 2.05) is 30.3 Å². The first-order valence-electron chi connectivity index (χ1n) is 7.18. The van der Waals surface area contributed by atoms with Gasteiger partial charge in [0.15, 0.2) is 5.78 Å². The highest BCUT2D eigenvalue weighted by atomic mass is 19.4. The molecule has 0 spiro atoms. The van der Waals surface area contributed by atoms with Gasteiger partial charge in [-0.2, -0.15) is 13.2 Å². The molecule has 0 amide bonds. The van der Waals surface area contributed by atoms with Gasteiger partial charge in [0.05, 0.1) is 11.1 Å². The van der Waals surface area contributed by atoms with Gasteiger partial charge in [0.2, 0.25) is 0 Å². The maximum atomic E-state index is 12.5. The number of carbonyl (C=O) groups is 1. The Morgan fingerprint density at radius 2 is 1.75 bits per heavy atom. The molecule has 5 heteroatoms. The van der Waals surface area contributed by atoms with Crippen LogP contribution in [0.5, 0.6) is 0 Å². The van der Waals surface area contributed by atoms with E-state index in [9.17, 15) is 18.0 Å². The molecule has 120 valence electrons. The van der Waals surface area contributed by atoms with Crippen LogP contribution in [0.4, 0.5) is 13.2 Å². The third-order valence-corrected chi connectivity index (χ3v) is 3.55. The fraction of sp³-hybridized carbons (Fsp3) is 0.0526. The summed E-state index contributed by atoms with van der Waals surface area (Å²) in [6.45, 7) is 0. The second-order valence-electron chi connectivity index (χ2n) is 5.23. The predicted molar refractivity (Wildman–Crippen MR) is 86.6 cm³/mol. The minimum atomic E-state index is -4.41. The van der Waals surface area contributed by atoms with E-state index in [4.69, 9.17) is 0 Å². The molecule has 0 fully saturated rings. The molecule has 2 aromatic carbocycles. The van der Waals surface area contributed by atoms with Crippen LogP contribution in [0.1, 0.15) is 21.5 Å². The summed E-state index contributed by atoms with van der Waals surface area (Å²) in [5.41, 5.74) is 1.10. The molecule has 1 heterocycles. The van der Waals surface area contributed by atoms with Crippen LogP contribution in [0.2, 0.25) is 0 Å². The zero-order valence-corrected chi connectivity index (χ0v) is 12.4. The number of carbonyl (C=O) groups excluding carboxylic acids is 1. The maximum absolute atomic E-state index is 12.5. The lowest BCUT2D eigenvalue weighted by Crippen LogP contribution is -2.05. The van der Waals surface area contributed by atoms with Gasteiger partial charge in [0, 0.05) is 17.1 Å². The summed E-state index contributed by atoms with van der Waals surface area (Å²) in [5.74, 6) is -0.352. The van der Waals surface area contributed by atoms with E-state index in [0.29, 0.717) is 0 Å². The zero-order chi connectivity index (χ0) is 17.2. The SMILES string of the molecule is O=C(/C=C/c1ccc2ncccc2c1)c1ccc(C(F)(F)F)cc1. The van der Waals surface area contributed by atoms with Crippen LogP contribution >= 0.6 is 0 Å². The Bertz CT molecular complexity index is 912. The molecule has 0 radical (unpaired) electrons. The molecule has 0 unspecified atom stereocenters. The lowest BCUT2D eigenvalue weighted by Gasteiger charge is -2.06. The van der Waals surface area contributed by atoms with E-state index in [0.717, 1.165) is 28.6 Å². The number of halogens is 3. The molecule has 1 aromatic heterocycles. The normalized spacial score (nSPS) is 12.0. The Morgan fingerprint density at radius 3 is 2.46 bits per heavy atom. The smallest absolute Gasteiger partial charge is 0.289 e. The minimum absolute atomic E-state index is 0.210. The molecular weight excluding hydrogens is 315 g/mol. The third-order valence-electron chi connectivity index (χ3n) is 3.55. The second-order valence-corrected chi connectivity index (χ2v) is 5.23. The summed E-state index contributed by atoms with van der Waals surface area (Å²) in [6, 6.07) is 13.5. The van der Waals surface area contributed by atoms with E-state index in [1.165, 1.54) is 18.2 Å². The zero-order valence-electron chi connectivity index (χ0n) is 12.4. The largest absolute Gasteiger partial charge is 0.416 e. The highest BCUT2D eigenvalue weighted by Crippen LogP contribution is 2.29. The fourth-order valence-electron chi connectivity index (χ4n) is 2.29. The van der Waals surface area contributed by atoms with Crippen molar-refractivity contribution in [2.24, 2.45) is 0 Å². The minimum Gasteiger partial charge on any atom is -0.289 e. The van der Waals surface area contributed by atoms with E-state index >= 15 is 0 Å². The van der Waals surface area contributed by atoms with Gasteiger partial charge in [-0.15, -0.1) is 0 Å². The molecule has 3 aromatic rings. The van der Waals surface area contributed by atoms with Gasteiger partial charge in [-0.1, -0.05) is 30.3 Å². The van der Waals surface area contributed by atoms with E-state index in [1.54, 1.807) is 12.3 Å². The quantitative estimate of drug-likeness (QED) is 0.492. The predicted octanol–water partition coefficient (Wildman–Crippen LogP) is 5.15. The fourth-order valence-corrected chi connectivity index (χ4v) is 2.29. The van der Waals surface area contributed by atoms with Crippen LogP contribution in [0.3, 0.4) is 0 Å². The summed E-state index contributed by atoms with van der Waals surface area (Å²) < 4.78 is 37.5. The van der Waals surface area contributed by atoms with Crippen molar-refractivity contribution >= 4 is 22.8 Å². The molecule has 0 bridgehead atoms. The van der Waals surface area contributed by atoms with Crippen molar-refractivity contribution in [2.45, 2.75) is 6.18 Å². The molecule has 0 atom stereocenters. The summed E-state index contributed by atoms with van der Waals surface area (Å²) in [7, 11) is 0. The van der Waals surface area contributed by atoms with Crippen LogP contribution in [0.15, 0.2) is 66.9 Å². The highest BCUT2D eigenvalue weighted by molar-refractivity contribution is 6.07. The Morgan fingerprint density at radius 1 is 1.00 bits per heavy atom. The number of pyridine rings is 1. The monoisotopic (exact) mass is 327 g/mol. The Balaban J connectivity index is 1.79. The second kappa shape index (κ2) is 6.28. The summed E-state index contributed by atoms with van der Waals surface area (Å²) in [6.07, 6.45) is 0.273. The van der Waals surface area contributed by atoms with Gasteiger partial charge in [0.25, 0.3) is 0 Å².